The fourth-order valence-corrected chi connectivity index (χ4v) is 4.11. The lowest BCUT2D eigenvalue weighted by atomic mass is 10.1. The van der Waals surface area contributed by atoms with Crippen LogP contribution in [0.3, 0.4) is 0 Å². The van der Waals surface area contributed by atoms with Gasteiger partial charge >= 0.3 is 0 Å². The lowest BCUT2D eigenvalue weighted by Gasteiger charge is -2.18. The number of ether oxygens (including phenoxy) is 1. The quantitative estimate of drug-likeness (QED) is 0.832. The topological polar surface area (TPSA) is 85.2 Å². The van der Waals surface area contributed by atoms with Crippen LogP contribution in [0, 0.1) is 0 Å². The Labute approximate surface area is 164 Å². The van der Waals surface area contributed by atoms with Gasteiger partial charge in [-0.25, -0.2) is 4.98 Å². The van der Waals surface area contributed by atoms with Crippen molar-refractivity contribution in [2.75, 3.05) is 12.4 Å². The number of hydrogen-bond acceptors (Lipinski definition) is 4. The van der Waals surface area contributed by atoms with Crippen LogP contribution in [0.25, 0.3) is 0 Å². The Bertz CT molecular complexity index is 884. The number of benzene rings is 1. The Morgan fingerprint density at radius 2 is 1.96 bits per heavy atom. The zero-order chi connectivity index (χ0) is 19.5. The summed E-state index contributed by atoms with van der Waals surface area (Å²) in [5.41, 5.74) is 1.83. The highest BCUT2D eigenvalue weighted by Gasteiger charge is 2.29. The lowest BCUT2D eigenvalue weighted by Crippen LogP contribution is -2.35. The number of anilines is 1. The minimum Gasteiger partial charge on any atom is -0.497 e. The highest BCUT2D eigenvalue weighted by Crippen LogP contribution is 2.24. The van der Waals surface area contributed by atoms with Crippen molar-refractivity contribution in [1.82, 2.24) is 14.9 Å². The van der Waals surface area contributed by atoms with Crippen molar-refractivity contribution >= 4 is 17.5 Å². The smallest absolute Gasteiger partial charge is 0.287 e. The molecule has 2 heterocycles. The number of amides is 2. The van der Waals surface area contributed by atoms with E-state index in [1.807, 2.05) is 16.7 Å². The average molecular weight is 382 g/mol. The molecule has 1 saturated carbocycles. The number of nitrogens with zero attached hydrogens (tertiary/aromatic N) is 2. The number of fused-ring (bicyclic) bond motifs is 1. The van der Waals surface area contributed by atoms with Crippen molar-refractivity contribution in [3.63, 3.8) is 0 Å². The molecule has 0 radical (unpaired) electrons. The summed E-state index contributed by atoms with van der Waals surface area (Å²) in [4.78, 5) is 30.2. The van der Waals surface area contributed by atoms with E-state index in [0.717, 1.165) is 57.2 Å². The fourth-order valence-electron chi connectivity index (χ4n) is 4.11. The number of methoxy groups -OCH3 is 1. The summed E-state index contributed by atoms with van der Waals surface area (Å²) in [7, 11) is 1.59. The van der Waals surface area contributed by atoms with Crippen molar-refractivity contribution in [1.29, 1.82) is 0 Å². The summed E-state index contributed by atoms with van der Waals surface area (Å²) >= 11 is 0. The van der Waals surface area contributed by atoms with Crippen molar-refractivity contribution in [3.8, 4) is 5.75 Å². The molecule has 1 fully saturated rings. The Hall–Kier alpha value is -2.83. The first-order valence-electron chi connectivity index (χ1n) is 10.0. The zero-order valence-corrected chi connectivity index (χ0v) is 16.2. The fraction of sp³-hybridized carbons (Fsp3) is 0.476. The van der Waals surface area contributed by atoms with E-state index < -0.39 is 0 Å². The van der Waals surface area contributed by atoms with Gasteiger partial charge in [-0.1, -0.05) is 18.9 Å². The molecule has 2 aromatic rings. The third kappa shape index (κ3) is 3.74. The summed E-state index contributed by atoms with van der Waals surface area (Å²) in [6, 6.07) is 7.42. The third-order valence-electron chi connectivity index (χ3n) is 5.55. The maximum atomic E-state index is 12.9. The van der Waals surface area contributed by atoms with Gasteiger partial charge in [-0.05, 0) is 44.2 Å². The number of rotatable bonds is 5. The maximum absolute atomic E-state index is 12.9. The van der Waals surface area contributed by atoms with Crippen LogP contribution in [0.15, 0.2) is 24.3 Å². The molecule has 0 saturated heterocycles. The molecule has 1 aliphatic heterocycles. The lowest BCUT2D eigenvalue weighted by molar-refractivity contribution is 0.0921. The zero-order valence-electron chi connectivity index (χ0n) is 16.2. The monoisotopic (exact) mass is 382 g/mol. The molecule has 0 unspecified atom stereocenters. The second-order valence-corrected chi connectivity index (χ2v) is 7.48. The summed E-state index contributed by atoms with van der Waals surface area (Å²) in [5.74, 6) is 0.563. The minimum atomic E-state index is -0.293. The van der Waals surface area contributed by atoms with Gasteiger partial charge in [0.25, 0.3) is 11.8 Å². The van der Waals surface area contributed by atoms with Gasteiger partial charge < -0.3 is 19.9 Å². The first kappa shape index (κ1) is 18.5. The minimum absolute atomic E-state index is 0.171. The summed E-state index contributed by atoms with van der Waals surface area (Å²) < 4.78 is 7.13. The maximum Gasteiger partial charge on any atom is 0.287 e. The van der Waals surface area contributed by atoms with Crippen LogP contribution in [0.4, 0.5) is 5.69 Å². The Morgan fingerprint density at radius 1 is 1.14 bits per heavy atom. The van der Waals surface area contributed by atoms with E-state index in [2.05, 4.69) is 15.6 Å². The predicted molar refractivity (Wildman–Crippen MR) is 106 cm³/mol. The van der Waals surface area contributed by atoms with Gasteiger partial charge in [-0.15, -0.1) is 0 Å². The molecule has 7 heteroatoms. The van der Waals surface area contributed by atoms with Crippen LogP contribution in [0.5, 0.6) is 5.75 Å². The summed E-state index contributed by atoms with van der Waals surface area (Å²) in [5, 5.41) is 5.97. The van der Waals surface area contributed by atoms with E-state index in [1.165, 1.54) is 0 Å². The molecule has 2 amide bonds. The molecule has 148 valence electrons. The Kier molecular flexibility index (Phi) is 5.32. The van der Waals surface area contributed by atoms with Crippen molar-refractivity contribution in [2.45, 2.75) is 57.5 Å². The Morgan fingerprint density at radius 3 is 2.75 bits per heavy atom. The molecule has 28 heavy (non-hydrogen) atoms. The molecule has 1 aliphatic carbocycles. The van der Waals surface area contributed by atoms with Crippen LogP contribution < -0.4 is 15.4 Å². The molecule has 4 rings (SSSR count). The third-order valence-corrected chi connectivity index (χ3v) is 5.55. The average Bonchev–Trinajstić information content (AvgIpc) is 3.35. The molecular weight excluding hydrogens is 356 g/mol. The Balaban J connectivity index is 1.58. The van der Waals surface area contributed by atoms with Crippen LogP contribution in [0.2, 0.25) is 0 Å². The van der Waals surface area contributed by atoms with Gasteiger partial charge in [-0.3, -0.25) is 9.59 Å². The van der Waals surface area contributed by atoms with Crippen LogP contribution in [0.1, 0.15) is 65.3 Å². The van der Waals surface area contributed by atoms with Crippen LogP contribution in [-0.2, 0) is 13.0 Å². The molecule has 2 aliphatic rings. The molecule has 1 aromatic heterocycles. The van der Waals surface area contributed by atoms with Gasteiger partial charge in [0.05, 0.1) is 12.8 Å². The number of nitrogens with one attached hydrogen (secondary N) is 2. The van der Waals surface area contributed by atoms with E-state index in [0.29, 0.717) is 23.0 Å². The number of hydrogen-bond donors (Lipinski definition) is 2. The highest BCUT2D eigenvalue weighted by molar-refractivity contribution is 6.05. The van der Waals surface area contributed by atoms with Crippen molar-refractivity contribution in [3.05, 3.63) is 41.5 Å². The second-order valence-electron chi connectivity index (χ2n) is 7.48. The van der Waals surface area contributed by atoms with Gasteiger partial charge in [0.15, 0.2) is 11.5 Å². The standard InChI is InChI=1S/C21H26N4O3/c1-28-16-10-6-9-15(13-16)23-20(26)18-17-11-4-5-12-25(17)19(24-18)21(27)22-14-7-2-3-8-14/h6,9-10,13-14H,2-5,7-8,11-12H2,1H3,(H,22,27)(H,23,26). The number of carbonyl (C=O) groups is 2. The predicted octanol–water partition coefficient (Wildman–Crippen LogP) is 3.15. The second kappa shape index (κ2) is 8.04. The molecule has 0 bridgehead atoms. The van der Waals surface area contributed by atoms with Crippen LogP contribution in [-0.4, -0.2) is 34.5 Å². The van der Waals surface area contributed by atoms with Crippen molar-refractivity contribution in [2.24, 2.45) is 0 Å². The first-order chi connectivity index (χ1) is 13.7. The van der Waals surface area contributed by atoms with E-state index in [4.69, 9.17) is 4.74 Å². The molecular formula is C21H26N4O3. The van der Waals surface area contributed by atoms with Crippen molar-refractivity contribution < 1.29 is 14.3 Å². The van der Waals surface area contributed by atoms with Gasteiger partial charge in [0.2, 0.25) is 0 Å². The molecule has 2 N–H and O–H groups in total. The van der Waals surface area contributed by atoms with Gasteiger partial charge in [0.1, 0.15) is 5.75 Å². The molecule has 1 aromatic carbocycles. The van der Waals surface area contributed by atoms with E-state index in [1.54, 1.807) is 19.2 Å². The molecule has 0 atom stereocenters. The number of imidazole rings is 1. The number of carbonyl (C=O) groups excluding carboxylic acids is 2. The summed E-state index contributed by atoms with van der Waals surface area (Å²) in [6.45, 7) is 0.724. The summed E-state index contributed by atoms with van der Waals surface area (Å²) in [6.07, 6.45) is 7.08. The van der Waals surface area contributed by atoms with Crippen LogP contribution >= 0.6 is 0 Å². The van der Waals surface area contributed by atoms with E-state index >= 15 is 0 Å². The van der Waals surface area contributed by atoms with Gasteiger partial charge in [-0.2, -0.15) is 0 Å². The van der Waals surface area contributed by atoms with E-state index in [-0.39, 0.29) is 17.9 Å². The number of aromatic nitrogens is 2. The normalized spacial score (nSPS) is 16.5. The first-order valence-corrected chi connectivity index (χ1v) is 10.0. The highest BCUT2D eigenvalue weighted by atomic mass is 16.5. The van der Waals surface area contributed by atoms with Gasteiger partial charge in [0, 0.05) is 24.3 Å². The SMILES string of the molecule is COc1cccc(NC(=O)c2nc(C(=O)NC3CCCC3)n3c2CCCC3)c1. The molecule has 0 spiro atoms. The largest absolute Gasteiger partial charge is 0.497 e. The van der Waals surface area contributed by atoms with E-state index in [9.17, 15) is 9.59 Å². The molecule has 7 nitrogen and oxygen atoms in total.